The Labute approximate surface area is 121 Å². The zero-order chi connectivity index (χ0) is 14.8. The lowest BCUT2D eigenvalue weighted by atomic mass is 9.89. The molecular formula is C14H25NO4S. The predicted octanol–water partition coefficient (Wildman–Crippen LogP) is 2.08. The first-order valence-corrected chi connectivity index (χ1v) is 9.11. The summed E-state index contributed by atoms with van der Waals surface area (Å²) in [6.07, 6.45) is 7.44. The molecule has 6 heteroatoms. The number of carbonyl (C=O) groups is 1. The molecule has 0 aromatic carbocycles. The first kappa shape index (κ1) is 15.8. The second-order valence-electron chi connectivity index (χ2n) is 6.24. The van der Waals surface area contributed by atoms with Crippen LogP contribution in [0.4, 0.5) is 0 Å². The Morgan fingerprint density at radius 2 is 1.75 bits per heavy atom. The largest absolute Gasteiger partial charge is 0.481 e. The number of hydrogen-bond acceptors (Lipinski definition) is 3. The summed E-state index contributed by atoms with van der Waals surface area (Å²) in [5.74, 6) is -1.26. The molecule has 2 rings (SSSR count). The first-order valence-electron chi connectivity index (χ1n) is 7.61. The molecule has 0 aromatic heterocycles. The van der Waals surface area contributed by atoms with Crippen LogP contribution in [0.3, 0.4) is 0 Å². The molecular weight excluding hydrogens is 278 g/mol. The number of aliphatic carboxylic acids is 1. The van der Waals surface area contributed by atoms with E-state index in [0.29, 0.717) is 31.7 Å². The number of sulfonamides is 1. The fourth-order valence-electron chi connectivity index (χ4n) is 3.63. The van der Waals surface area contributed by atoms with Gasteiger partial charge < -0.3 is 5.11 Å². The van der Waals surface area contributed by atoms with E-state index >= 15 is 0 Å². The van der Waals surface area contributed by atoms with Crippen molar-refractivity contribution >= 4 is 16.0 Å². The number of nitrogens with zero attached hydrogens (tertiary/aromatic N) is 1. The topological polar surface area (TPSA) is 74.7 Å². The van der Waals surface area contributed by atoms with Crippen LogP contribution in [0.1, 0.15) is 51.4 Å². The van der Waals surface area contributed by atoms with Gasteiger partial charge in [-0.3, -0.25) is 4.79 Å². The predicted molar refractivity (Wildman–Crippen MR) is 76.9 cm³/mol. The van der Waals surface area contributed by atoms with E-state index in [-0.39, 0.29) is 0 Å². The van der Waals surface area contributed by atoms with Crippen LogP contribution in [0.5, 0.6) is 0 Å². The molecule has 2 aliphatic rings. The molecule has 5 nitrogen and oxygen atoms in total. The fourth-order valence-corrected chi connectivity index (χ4v) is 5.65. The Balaban J connectivity index is 2.02. The third kappa shape index (κ3) is 3.34. The zero-order valence-electron chi connectivity index (χ0n) is 12.1. The Bertz CT molecular complexity index is 442. The van der Waals surface area contributed by atoms with Crippen molar-refractivity contribution in [3.05, 3.63) is 0 Å². The van der Waals surface area contributed by atoms with Crippen LogP contribution < -0.4 is 0 Å². The van der Waals surface area contributed by atoms with Gasteiger partial charge in [-0.05, 0) is 31.6 Å². The lowest BCUT2D eigenvalue weighted by molar-refractivity contribution is -0.141. The van der Waals surface area contributed by atoms with Gasteiger partial charge in [0.05, 0.1) is 11.2 Å². The number of carboxylic acid groups (broad SMARTS) is 1. The molecule has 2 atom stereocenters. The monoisotopic (exact) mass is 303 g/mol. The van der Waals surface area contributed by atoms with Gasteiger partial charge >= 0.3 is 5.97 Å². The van der Waals surface area contributed by atoms with Gasteiger partial charge in [0.15, 0.2) is 0 Å². The molecule has 0 aromatic rings. The van der Waals surface area contributed by atoms with E-state index in [1.807, 2.05) is 0 Å². The molecule has 0 amide bonds. The molecule has 0 heterocycles. The minimum Gasteiger partial charge on any atom is -0.481 e. The van der Waals surface area contributed by atoms with Crippen molar-refractivity contribution in [1.29, 1.82) is 0 Å². The lowest BCUT2D eigenvalue weighted by Crippen LogP contribution is -2.42. The minimum absolute atomic E-state index is 0.438. The van der Waals surface area contributed by atoms with E-state index < -0.39 is 27.2 Å². The van der Waals surface area contributed by atoms with E-state index in [4.69, 9.17) is 5.11 Å². The molecule has 1 N–H and O–H groups in total. The Hall–Kier alpha value is -0.620. The highest BCUT2D eigenvalue weighted by atomic mass is 32.2. The van der Waals surface area contributed by atoms with Gasteiger partial charge in [-0.1, -0.05) is 25.7 Å². The second kappa shape index (κ2) is 6.43. The van der Waals surface area contributed by atoms with Gasteiger partial charge in [0.2, 0.25) is 10.0 Å². The summed E-state index contributed by atoms with van der Waals surface area (Å²) in [5.41, 5.74) is 0. The highest BCUT2D eigenvalue weighted by Crippen LogP contribution is 2.34. The van der Waals surface area contributed by atoms with Crippen LogP contribution in [0.25, 0.3) is 0 Å². The summed E-state index contributed by atoms with van der Waals surface area (Å²) in [7, 11) is -1.87. The van der Waals surface area contributed by atoms with Crippen molar-refractivity contribution in [2.45, 2.75) is 56.6 Å². The minimum atomic E-state index is -3.48. The smallest absolute Gasteiger partial charge is 0.307 e. The number of rotatable bonds is 5. The maximum absolute atomic E-state index is 12.6. The average Bonchev–Trinajstić information content (AvgIpc) is 2.89. The Morgan fingerprint density at radius 3 is 2.35 bits per heavy atom. The molecule has 0 aliphatic heterocycles. The Kier molecular flexibility index (Phi) is 5.07. The van der Waals surface area contributed by atoms with Crippen LogP contribution in [0.15, 0.2) is 0 Å². The standard InChI is InChI=1S/C14H25NO4S/c1-15(10-11-6-3-2-4-7-11)20(18,19)13-9-5-8-12(13)14(16)17/h11-13H,2-10H2,1H3,(H,16,17). The SMILES string of the molecule is CN(CC1CCCCC1)S(=O)(=O)C1CCCC1C(=O)O. The van der Waals surface area contributed by atoms with E-state index in [9.17, 15) is 13.2 Å². The van der Waals surface area contributed by atoms with Crippen molar-refractivity contribution in [2.24, 2.45) is 11.8 Å². The molecule has 0 spiro atoms. The fraction of sp³-hybridized carbons (Fsp3) is 0.929. The van der Waals surface area contributed by atoms with Crippen LogP contribution in [-0.2, 0) is 14.8 Å². The first-order chi connectivity index (χ1) is 9.43. The molecule has 20 heavy (non-hydrogen) atoms. The van der Waals surface area contributed by atoms with Crippen LogP contribution in [0, 0.1) is 11.8 Å². The van der Waals surface area contributed by atoms with Crippen molar-refractivity contribution in [3.63, 3.8) is 0 Å². The third-order valence-corrected chi connectivity index (χ3v) is 7.17. The van der Waals surface area contributed by atoms with E-state index in [0.717, 1.165) is 12.8 Å². The van der Waals surface area contributed by atoms with Gasteiger partial charge in [-0.15, -0.1) is 0 Å². The quantitative estimate of drug-likeness (QED) is 0.844. The van der Waals surface area contributed by atoms with Gasteiger partial charge in [-0.25, -0.2) is 12.7 Å². The van der Waals surface area contributed by atoms with Gasteiger partial charge in [0.1, 0.15) is 0 Å². The van der Waals surface area contributed by atoms with Crippen molar-refractivity contribution in [1.82, 2.24) is 4.31 Å². The van der Waals surface area contributed by atoms with Gasteiger partial charge in [0.25, 0.3) is 0 Å². The molecule has 2 unspecified atom stereocenters. The van der Waals surface area contributed by atoms with E-state index in [1.165, 1.54) is 23.6 Å². The normalized spacial score (nSPS) is 28.9. The lowest BCUT2D eigenvalue weighted by Gasteiger charge is -2.29. The molecule has 0 bridgehead atoms. The number of carboxylic acids is 1. The summed E-state index contributed by atoms with van der Waals surface area (Å²) < 4.78 is 26.6. The maximum atomic E-state index is 12.6. The number of hydrogen-bond donors (Lipinski definition) is 1. The third-order valence-electron chi connectivity index (χ3n) is 4.83. The molecule has 0 radical (unpaired) electrons. The highest BCUT2D eigenvalue weighted by Gasteiger charge is 2.43. The average molecular weight is 303 g/mol. The molecule has 116 valence electrons. The summed E-state index contributed by atoms with van der Waals surface area (Å²) >= 11 is 0. The van der Waals surface area contributed by atoms with Gasteiger partial charge in [0, 0.05) is 13.6 Å². The highest BCUT2D eigenvalue weighted by molar-refractivity contribution is 7.89. The van der Waals surface area contributed by atoms with Crippen molar-refractivity contribution in [2.75, 3.05) is 13.6 Å². The summed E-state index contributed by atoms with van der Waals surface area (Å²) in [6, 6.07) is 0. The van der Waals surface area contributed by atoms with E-state index in [1.54, 1.807) is 7.05 Å². The van der Waals surface area contributed by atoms with Crippen molar-refractivity contribution < 1.29 is 18.3 Å². The summed E-state index contributed by atoms with van der Waals surface area (Å²) in [5, 5.41) is 8.44. The zero-order valence-corrected chi connectivity index (χ0v) is 12.9. The molecule has 2 fully saturated rings. The summed E-state index contributed by atoms with van der Waals surface area (Å²) in [6.45, 7) is 0.547. The molecule has 2 aliphatic carbocycles. The van der Waals surface area contributed by atoms with Crippen molar-refractivity contribution in [3.8, 4) is 0 Å². The van der Waals surface area contributed by atoms with E-state index in [2.05, 4.69) is 0 Å². The second-order valence-corrected chi connectivity index (χ2v) is 8.50. The van der Waals surface area contributed by atoms with Gasteiger partial charge in [-0.2, -0.15) is 0 Å². The summed E-state index contributed by atoms with van der Waals surface area (Å²) in [4.78, 5) is 11.2. The maximum Gasteiger partial charge on any atom is 0.307 e. The Morgan fingerprint density at radius 1 is 1.10 bits per heavy atom. The molecule has 2 saturated carbocycles. The molecule has 0 saturated heterocycles. The van der Waals surface area contributed by atoms with Crippen LogP contribution in [-0.4, -0.2) is 42.6 Å². The van der Waals surface area contributed by atoms with Crippen LogP contribution >= 0.6 is 0 Å². The van der Waals surface area contributed by atoms with Crippen LogP contribution in [0.2, 0.25) is 0 Å².